The number of nitrogens with zero attached hydrogens (tertiary/aromatic N) is 3. The largest absolute Gasteiger partial charge is 0.496 e. The molecular formula is C21H28N4O2. The molecule has 1 amide bonds. The zero-order chi connectivity index (χ0) is 19.1. The predicted molar refractivity (Wildman–Crippen MR) is 106 cm³/mol. The molecule has 1 aliphatic heterocycles. The van der Waals surface area contributed by atoms with Crippen LogP contribution in [0.25, 0.3) is 0 Å². The van der Waals surface area contributed by atoms with Gasteiger partial charge in [0.05, 0.1) is 12.7 Å². The quantitative estimate of drug-likeness (QED) is 0.810. The molecule has 1 aliphatic rings. The van der Waals surface area contributed by atoms with Crippen molar-refractivity contribution in [1.82, 2.24) is 14.9 Å². The molecule has 3 rings (SSSR count). The van der Waals surface area contributed by atoms with Gasteiger partial charge in [0.25, 0.3) is 5.91 Å². The van der Waals surface area contributed by atoms with Gasteiger partial charge in [-0.1, -0.05) is 25.1 Å². The second-order valence-electron chi connectivity index (χ2n) is 6.84. The van der Waals surface area contributed by atoms with Gasteiger partial charge in [-0.2, -0.15) is 0 Å². The van der Waals surface area contributed by atoms with Gasteiger partial charge < -0.3 is 15.0 Å². The molecule has 1 fully saturated rings. The number of rotatable bonds is 7. The molecule has 1 saturated heterocycles. The van der Waals surface area contributed by atoms with E-state index in [1.54, 1.807) is 19.5 Å². The molecule has 2 heterocycles. The Morgan fingerprint density at radius 2 is 2.04 bits per heavy atom. The molecule has 1 N–H and O–H groups in total. The summed E-state index contributed by atoms with van der Waals surface area (Å²) >= 11 is 0. The van der Waals surface area contributed by atoms with E-state index in [1.807, 2.05) is 29.2 Å². The van der Waals surface area contributed by atoms with E-state index in [0.29, 0.717) is 24.1 Å². The molecule has 1 atom stereocenters. The Morgan fingerprint density at radius 1 is 1.26 bits per heavy atom. The van der Waals surface area contributed by atoms with Crippen LogP contribution in [0, 0.1) is 0 Å². The average Bonchev–Trinajstić information content (AvgIpc) is 2.74. The van der Waals surface area contributed by atoms with Gasteiger partial charge in [-0.15, -0.1) is 0 Å². The lowest BCUT2D eigenvalue weighted by Crippen LogP contribution is -2.43. The Kier molecular flexibility index (Phi) is 6.63. The Hall–Kier alpha value is -2.63. The topological polar surface area (TPSA) is 67.4 Å². The third-order valence-corrected chi connectivity index (χ3v) is 5.13. The molecule has 1 aromatic carbocycles. The molecule has 0 radical (unpaired) electrons. The van der Waals surface area contributed by atoms with Crippen molar-refractivity contribution in [3.8, 4) is 5.75 Å². The van der Waals surface area contributed by atoms with Crippen molar-refractivity contribution < 1.29 is 9.53 Å². The van der Waals surface area contributed by atoms with Crippen molar-refractivity contribution in [3.05, 3.63) is 47.8 Å². The minimum atomic E-state index is 0.0436. The van der Waals surface area contributed by atoms with E-state index in [2.05, 4.69) is 22.2 Å². The van der Waals surface area contributed by atoms with E-state index in [-0.39, 0.29) is 5.91 Å². The second-order valence-corrected chi connectivity index (χ2v) is 6.84. The molecule has 6 nitrogen and oxygen atoms in total. The zero-order valence-electron chi connectivity index (χ0n) is 16.1. The SMILES string of the molecule is CCC1CCCCN1C(=O)c1cnc(NCCc2ccccc2OC)nc1. The van der Waals surface area contributed by atoms with Crippen LogP contribution >= 0.6 is 0 Å². The summed E-state index contributed by atoms with van der Waals surface area (Å²) in [5.41, 5.74) is 1.70. The number of hydrogen-bond donors (Lipinski definition) is 1. The van der Waals surface area contributed by atoms with E-state index in [1.165, 1.54) is 6.42 Å². The van der Waals surface area contributed by atoms with Crippen LogP contribution in [0.15, 0.2) is 36.7 Å². The number of methoxy groups -OCH3 is 1. The standard InChI is InChI=1S/C21H28N4O2/c1-3-18-9-6-7-13-25(18)20(26)17-14-23-21(24-15-17)22-12-11-16-8-4-5-10-19(16)27-2/h4-5,8,10,14-15,18H,3,6-7,9,11-13H2,1-2H3,(H,22,23,24). The first-order valence-electron chi connectivity index (χ1n) is 9.71. The molecule has 0 spiro atoms. The van der Waals surface area contributed by atoms with Gasteiger partial charge in [0.2, 0.25) is 5.95 Å². The summed E-state index contributed by atoms with van der Waals surface area (Å²) in [6.45, 7) is 3.66. The maximum absolute atomic E-state index is 12.8. The molecule has 27 heavy (non-hydrogen) atoms. The van der Waals surface area contributed by atoms with Gasteiger partial charge in [0.15, 0.2) is 0 Å². The predicted octanol–water partition coefficient (Wildman–Crippen LogP) is 3.54. The summed E-state index contributed by atoms with van der Waals surface area (Å²) < 4.78 is 5.36. The lowest BCUT2D eigenvalue weighted by atomic mass is 9.99. The molecule has 0 aliphatic carbocycles. The normalized spacial score (nSPS) is 16.8. The van der Waals surface area contributed by atoms with Gasteiger partial charge in [-0.05, 0) is 43.7 Å². The van der Waals surface area contributed by atoms with E-state index >= 15 is 0 Å². The van der Waals surface area contributed by atoms with Crippen molar-refractivity contribution in [3.63, 3.8) is 0 Å². The summed E-state index contributed by atoms with van der Waals surface area (Å²) in [4.78, 5) is 23.4. The summed E-state index contributed by atoms with van der Waals surface area (Å²) in [6.07, 6.45) is 8.42. The maximum atomic E-state index is 12.8. The van der Waals surface area contributed by atoms with Crippen molar-refractivity contribution in [2.24, 2.45) is 0 Å². The lowest BCUT2D eigenvalue weighted by molar-refractivity contribution is 0.0607. The molecule has 1 unspecified atom stereocenters. The van der Waals surface area contributed by atoms with Crippen LogP contribution in [0.1, 0.15) is 48.5 Å². The van der Waals surface area contributed by atoms with Gasteiger partial charge in [-0.3, -0.25) is 4.79 Å². The molecule has 0 bridgehead atoms. The first-order valence-corrected chi connectivity index (χ1v) is 9.71. The summed E-state index contributed by atoms with van der Waals surface area (Å²) in [5, 5.41) is 3.21. The Balaban J connectivity index is 1.56. The fourth-order valence-corrected chi connectivity index (χ4v) is 3.61. The number of aromatic nitrogens is 2. The van der Waals surface area contributed by atoms with Crippen molar-refractivity contribution in [2.45, 2.75) is 45.1 Å². The number of anilines is 1. The Morgan fingerprint density at radius 3 is 2.78 bits per heavy atom. The van der Waals surface area contributed by atoms with E-state index in [4.69, 9.17) is 4.74 Å². The molecule has 1 aromatic heterocycles. The van der Waals surface area contributed by atoms with Crippen LogP contribution in [-0.2, 0) is 6.42 Å². The first kappa shape index (κ1) is 19.1. The molecular weight excluding hydrogens is 340 g/mol. The van der Waals surface area contributed by atoms with E-state index in [0.717, 1.165) is 43.5 Å². The van der Waals surface area contributed by atoms with Crippen LogP contribution in [0.4, 0.5) is 5.95 Å². The van der Waals surface area contributed by atoms with Crippen LogP contribution in [0.2, 0.25) is 0 Å². The van der Waals surface area contributed by atoms with E-state index in [9.17, 15) is 4.79 Å². The second kappa shape index (κ2) is 9.35. The molecule has 6 heteroatoms. The number of nitrogens with one attached hydrogen (secondary N) is 1. The van der Waals surface area contributed by atoms with E-state index < -0.39 is 0 Å². The fourth-order valence-electron chi connectivity index (χ4n) is 3.61. The number of amides is 1. The van der Waals surface area contributed by atoms with Crippen LogP contribution in [0.5, 0.6) is 5.75 Å². The number of benzene rings is 1. The zero-order valence-corrected chi connectivity index (χ0v) is 16.1. The van der Waals surface area contributed by atoms with Gasteiger partial charge in [0.1, 0.15) is 5.75 Å². The minimum Gasteiger partial charge on any atom is -0.496 e. The number of carbonyl (C=O) groups excluding carboxylic acids is 1. The highest BCUT2D eigenvalue weighted by atomic mass is 16.5. The number of likely N-dealkylation sites (tertiary alicyclic amines) is 1. The van der Waals surface area contributed by atoms with Gasteiger partial charge in [0, 0.05) is 31.5 Å². The van der Waals surface area contributed by atoms with Crippen LogP contribution in [0.3, 0.4) is 0 Å². The third kappa shape index (κ3) is 4.76. The highest BCUT2D eigenvalue weighted by Crippen LogP contribution is 2.21. The monoisotopic (exact) mass is 368 g/mol. The van der Waals surface area contributed by atoms with Crippen LogP contribution < -0.4 is 10.1 Å². The number of hydrogen-bond acceptors (Lipinski definition) is 5. The number of ether oxygens (including phenoxy) is 1. The fraction of sp³-hybridized carbons (Fsp3) is 0.476. The molecule has 0 saturated carbocycles. The summed E-state index contributed by atoms with van der Waals surface area (Å²) in [5.74, 6) is 1.46. The maximum Gasteiger partial charge on any atom is 0.257 e. The van der Waals surface area contributed by atoms with Crippen molar-refractivity contribution in [1.29, 1.82) is 0 Å². The molecule has 2 aromatic rings. The highest BCUT2D eigenvalue weighted by Gasteiger charge is 2.26. The minimum absolute atomic E-state index is 0.0436. The van der Waals surface area contributed by atoms with Crippen molar-refractivity contribution in [2.75, 3.05) is 25.5 Å². The summed E-state index contributed by atoms with van der Waals surface area (Å²) in [6, 6.07) is 8.30. The van der Waals surface area contributed by atoms with Crippen molar-refractivity contribution >= 4 is 11.9 Å². The first-order chi connectivity index (χ1) is 13.2. The Labute approximate surface area is 161 Å². The smallest absolute Gasteiger partial charge is 0.257 e. The molecule has 144 valence electrons. The number of piperidine rings is 1. The van der Waals surface area contributed by atoms with Gasteiger partial charge in [-0.25, -0.2) is 9.97 Å². The number of carbonyl (C=O) groups is 1. The highest BCUT2D eigenvalue weighted by molar-refractivity contribution is 5.94. The third-order valence-electron chi connectivity index (χ3n) is 5.13. The summed E-state index contributed by atoms with van der Waals surface area (Å²) in [7, 11) is 1.68. The number of para-hydroxylation sites is 1. The lowest BCUT2D eigenvalue weighted by Gasteiger charge is -2.35. The average molecular weight is 368 g/mol. The Bertz CT molecular complexity index is 748. The van der Waals surface area contributed by atoms with Crippen LogP contribution in [-0.4, -0.2) is 47.0 Å². The van der Waals surface area contributed by atoms with Gasteiger partial charge >= 0.3 is 0 Å².